The van der Waals surface area contributed by atoms with Gasteiger partial charge >= 0.3 is 6.09 Å². The van der Waals surface area contributed by atoms with Crippen LogP contribution in [0.4, 0.5) is 10.5 Å². The Morgan fingerprint density at radius 1 is 1.13 bits per heavy atom. The minimum absolute atomic E-state index is 0.0132. The number of hydrogen-bond acceptors (Lipinski definition) is 6. The monoisotopic (exact) mass is 452 g/mol. The van der Waals surface area contributed by atoms with Crippen molar-refractivity contribution >= 4 is 26.0 Å². The highest BCUT2D eigenvalue weighted by atomic mass is 28.4. The third kappa shape index (κ3) is 5.71. The van der Waals surface area contributed by atoms with Crippen LogP contribution in [-0.4, -0.2) is 65.7 Å². The largest absolute Gasteiger partial charge is 0.493 e. The Morgan fingerprint density at radius 2 is 1.74 bits per heavy atom. The van der Waals surface area contributed by atoms with Gasteiger partial charge in [0.05, 0.1) is 45.2 Å². The molecule has 1 aliphatic rings. The minimum Gasteiger partial charge on any atom is -0.493 e. The van der Waals surface area contributed by atoms with Crippen LogP contribution in [0.3, 0.4) is 0 Å². The molecule has 1 atom stereocenters. The Kier molecular flexibility index (Phi) is 7.99. The van der Waals surface area contributed by atoms with E-state index in [2.05, 4.69) is 39.2 Å². The van der Waals surface area contributed by atoms with Gasteiger partial charge in [-0.15, -0.1) is 0 Å². The molecule has 1 aromatic carbocycles. The van der Waals surface area contributed by atoms with Gasteiger partial charge in [-0.3, -0.25) is 10.1 Å². The molecule has 1 saturated heterocycles. The van der Waals surface area contributed by atoms with Crippen molar-refractivity contribution in [2.45, 2.75) is 57.8 Å². The Morgan fingerprint density at radius 3 is 2.29 bits per heavy atom. The molecule has 1 aliphatic heterocycles. The molecule has 1 fully saturated rings. The first kappa shape index (κ1) is 25.0. The van der Waals surface area contributed by atoms with Crippen molar-refractivity contribution in [2.75, 3.05) is 39.8 Å². The van der Waals surface area contributed by atoms with E-state index in [-0.39, 0.29) is 17.0 Å². The summed E-state index contributed by atoms with van der Waals surface area (Å²) < 4.78 is 21.8. The number of nitrogens with one attached hydrogen (secondary N) is 1. The maximum Gasteiger partial charge on any atom is 0.411 e. The predicted octanol–water partition coefficient (Wildman–Crippen LogP) is 4.51. The van der Waals surface area contributed by atoms with Crippen molar-refractivity contribution < 1.29 is 28.2 Å². The fourth-order valence-corrected chi connectivity index (χ4v) is 4.31. The maximum atomic E-state index is 13.5. The van der Waals surface area contributed by atoms with Gasteiger partial charge in [0.2, 0.25) is 0 Å². The van der Waals surface area contributed by atoms with Crippen LogP contribution in [0.25, 0.3) is 0 Å². The Hall–Kier alpha value is -2.26. The average molecular weight is 453 g/mol. The standard InChI is InChI=1S/C22H36N2O6Si/c1-22(2,3)31(7,8)30-14-15-10-9-11-24(15)20(25)16-12-18(27-4)19(28-5)13-17(16)23-21(26)29-6/h12-13,15H,9-11,14H2,1-8H3,(H,23,26). The van der Waals surface area contributed by atoms with Crippen LogP contribution in [0, 0.1) is 0 Å². The summed E-state index contributed by atoms with van der Waals surface area (Å²) in [5.41, 5.74) is 0.632. The van der Waals surface area contributed by atoms with Gasteiger partial charge in [0.1, 0.15) is 0 Å². The van der Waals surface area contributed by atoms with Crippen molar-refractivity contribution in [3.8, 4) is 11.5 Å². The zero-order chi connectivity index (χ0) is 23.4. The number of benzene rings is 1. The Labute approximate surface area is 186 Å². The molecule has 0 saturated carbocycles. The number of likely N-dealkylation sites (tertiary alicyclic amines) is 1. The van der Waals surface area contributed by atoms with E-state index >= 15 is 0 Å². The van der Waals surface area contributed by atoms with Gasteiger partial charge in [-0.05, 0) is 37.0 Å². The normalized spacial score (nSPS) is 16.8. The molecule has 1 unspecified atom stereocenters. The molecule has 9 heteroatoms. The summed E-state index contributed by atoms with van der Waals surface area (Å²) in [5, 5.41) is 2.71. The van der Waals surface area contributed by atoms with Crippen LogP contribution in [0.1, 0.15) is 44.0 Å². The van der Waals surface area contributed by atoms with Crippen molar-refractivity contribution in [1.29, 1.82) is 0 Å². The lowest BCUT2D eigenvalue weighted by atomic mass is 10.1. The van der Waals surface area contributed by atoms with Crippen LogP contribution in [0.15, 0.2) is 12.1 Å². The van der Waals surface area contributed by atoms with Crippen LogP contribution in [0.5, 0.6) is 11.5 Å². The molecule has 0 aromatic heterocycles. The van der Waals surface area contributed by atoms with E-state index in [9.17, 15) is 9.59 Å². The highest BCUT2D eigenvalue weighted by molar-refractivity contribution is 6.74. The molecular formula is C22H36N2O6Si. The molecule has 1 heterocycles. The minimum atomic E-state index is -1.93. The van der Waals surface area contributed by atoms with Crippen molar-refractivity contribution in [3.05, 3.63) is 17.7 Å². The van der Waals surface area contributed by atoms with Gasteiger partial charge in [0, 0.05) is 12.6 Å². The number of anilines is 1. The molecule has 31 heavy (non-hydrogen) atoms. The third-order valence-corrected chi connectivity index (χ3v) is 10.8. The van der Waals surface area contributed by atoms with Gasteiger partial charge in [0.15, 0.2) is 19.8 Å². The molecule has 0 bridgehead atoms. The second-order valence-electron chi connectivity index (χ2n) is 9.24. The van der Waals surface area contributed by atoms with E-state index < -0.39 is 14.4 Å². The second-order valence-corrected chi connectivity index (χ2v) is 14.0. The zero-order valence-corrected chi connectivity index (χ0v) is 21.0. The van der Waals surface area contributed by atoms with Gasteiger partial charge in [-0.25, -0.2) is 4.79 Å². The highest BCUT2D eigenvalue weighted by Gasteiger charge is 2.39. The van der Waals surface area contributed by atoms with Gasteiger partial charge in [0.25, 0.3) is 5.91 Å². The summed E-state index contributed by atoms with van der Waals surface area (Å²) >= 11 is 0. The van der Waals surface area contributed by atoms with Crippen molar-refractivity contribution in [2.24, 2.45) is 0 Å². The van der Waals surface area contributed by atoms with Gasteiger partial charge in [-0.2, -0.15) is 0 Å². The first-order chi connectivity index (χ1) is 14.4. The Bertz CT molecular complexity index is 806. The van der Waals surface area contributed by atoms with Crippen LogP contribution in [-0.2, 0) is 9.16 Å². The lowest BCUT2D eigenvalue weighted by Crippen LogP contribution is -2.46. The fourth-order valence-electron chi connectivity index (χ4n) is 3.27. The number of carbonyl (C=O) groups excluding carboxylic acids is 2. The van der Waals surface area contributed by atoms with Crippen molar-refractivity contribution in [3.63, 3.8) is 0 Å². The van der Waals surface area contributed by atoms with E-state index in [4.69, 9.17) is 18.6 Å². The number of nitrogens with zero attached hydrogens (tertiary/aromatic N) is 1. The topological polar surface area (TPSA) is 86.3 Å². The lowest BCUT2D eigenvalue weighted by molar-refractivity contribution is 0.0684. The van der Waals surface area contributed by atoms with E-state index in [0.717, 1.165) is 12.8 Å². The number of rotatable bonds is 7. The average Bonchev–Trinajstić information content (AvgIpc) is 3.19. The van der Waals surface area contributed by atoms with Gasteiger partial charge < -0.3 is 23.5 Å². The number of carbonyl (C=O) groups is 2. The maximum absolute atomic E-state index is 13.5. The van der Waals surface area contributed by atoms with E-state index in [0.29, 0.717) is 35.9 Å². The quantitative estimate of drug-likeness (QED) is 0.613. The molecule has 1 N–H and O–H groups in total. The van der Waals surface area contributed by atoms with Gasteiger partial charge in [-0.1, -0.05) is 20.8 Å². The molecule has 2 rings (SSSR count). The van der Waals surface area contributed by atoms with Crippen LogP contribution in [0.2, 0.25) is 18.1 Å². The van der Waals surface area contributed by atoms with Crippen LogP contribution < -0.4 is 14.8 Å². The van der Waals surface area contributed by atoms with Crippen LogP contribution >= 0.6 is 0 Å². The summed E-state index contributed by atoms with van der Waals surface area (Å²) in [4.78, 5) is 27.2. The molecule has 174 valence electrons. The summed E-state index contributed by atoms with van der Waals surface area (Å²) in [6, 6.07) is 3.15. The molecule has 0 aliphatic carbocycles. The molecule has 0 radical (unpaired) electrons. The molecule has 0 spiro atoms. The summed E-state index contributed by atoms with van der Waals surface area (Å²) in [6.45, 7) is 12.2. The third-order valence-electron chi connectivity index (χ3n) is 6.26. The number of methoxy groups -OCH3 is 3. The van der Waals surface area contributed by atoms with E-state index in [1.54, 1.807) is 12.1 Å². The number of hydrogen-bond donors (Lipinski definition) is 1. The molecule has 8 nitrogen and oxygen atoms in total. The predicted molar refractivity (Wildman–Crippen MR) is 123 cm³/mol. The Balaban J connectivity index is 2.32. The second kappa shape index (κ2) is 9.91. The van der Waals surface area contributed by atoms with Crippen molar-refractivity contribution in [1.82, 2.24) is 4.90 Å². The smallest absolute Gasteiger partial charge is 0.411 e. The number of amides is 2. The zero-order valence-electron chi connectivity index (χ0n) is 20.0. The molecule has 1 aromatic rings. The summed E-state index contributed by atoms with van der Waals surface area (Å²) in [6.07, 6.45) is 1.12. The molecule has 2 amide bonds. The van der Waals surface area contributed by atoms with E-state index in [1.807, 2.05) is 4.90 Å². The first-order valence-electron chi connectivity index (χ1n) is 10.5. The molecular weight excluding hydrogens is 416 g/mol. The SMILES string of the molecule is COC(=O)Nc1cc(OC)c(OC)cc1C(=O)N1CCCC1CO[Si](C)(C)C(C)(C)C. The first-order valence-corrected chi connectivity index (χ1v) is 13.4. The summed E-state index contributed by atoms with van der Waals surface area (Å²) in [7, 11) is 2.34. The number of ether oxygens (including phenoxy) is 3. The van der Waals surface area contributed by atoms with E-state index in [1.165, 1.54) is 21.3 Å². The lowest BCUT2D eigenvalue weighted by Gasteiger charge is -2.38. The highest BCUT2D eigenvalue weighted by Crippen LogP contribution is 2.38. The fraction of sp³-hybridized carbons (Fsp3) is 0.636. The summed E-state index contributed by atoms with van der Waals surface area (Å²) in [5.74, 6) is 0.632.